The molecule has 5 heteroatoms. The molecule has 5 aliphatic rings. The number of hydrogen-bond donors (Lipinski definition) is 0. The van der Waals surface area contributed by atoms with Crippen molar-refractivity contribution in [3.8, 4) is 0 Å². The molecule has 0 aromatic heterocycles. The molecule has 2 heterocycles. The van der Waals surface area contributed by atoms with Gasteiger partial charge in [-0.25, -0.2) is 4.39 Å². The Bertz CT molecular complexity index is 876. The molecule has 1 aromatic rings. The molecule has 0 spiro atoms. The summed E-state index contributed by atoms with van der Waals surface area (Å²) < 4.78 is 19.9. The number of carbonyl (C=O) groups is 1. The summed E-state index contributed by atoms with van der Waals surface area (Å²) >= 11 is 0. The van der Waals surface area contributed by atoms with E-state index >= 15 is 0 Å². The van der Waals surface area contributed by atoms with Crippen molar-refractivity contribution in [2.45, 2.75) is 70.0 Å². The van der Waals surface area contributed by atoms with Crippen molar-refractivity contribution < 1.29 is 13.9 Å². The zero-order valence-electron chi connectivity index (χ0n) is 19.4. The van der Waals surface area contributed by atoms with Crippen LogP contribution in [0.15, 0.2) is 18.2 Å². The molecule has 2 saturated carbocycles. The third-order valence-electron chi connectivity index (χ3n) is 9.80. The number of fused-ring (bicyclic) bond motifs is 5. The molecule has 32 heavy (non-hydrogen) atoms. The van der Waals surface area contributed by atoms with E-state index in [1.807, 2.05) is 0 Å². The summed E-state index contributed by atoms with van der Waals surface area (Å²) in [5, 5.41) is 0. The first-order valence-corrected chi connectivity index (χ1v) is 12.9. The molecule has 4 fully saturated rings. The maximum absolute atomic E-state index is 14.4. The smallest absolute Gasteiger partial charge is 0.173 e. The molecule has 0 amide bonds. The lowest BCUT2D eigenvalue weighted by molar-refractivity contribution is -0.132. The first-order chi connectivity index (χ1) is 15.5. The molecular formula is C27H37FN2O2. The van der Waals surface area contributed by atoms with Crippen LogP contribution in [0.1, 0.15) is 62.5 Å². The Balaban J connectivity index is 1.16. The number of hydrogen-bond acceptors (Lipinski definition) is 4. The second kappa shape index (κ2) is 8.09. The maximum Gasteiger partial charge on any atom is 0.173 e. The second-order valence-electron chi connectivity index (χ2n) is 11.2. The van der Waals surface area contributed by atoms with E-state index in [0.717, 1.165) is 65.1 Å². The van der Waals surface area contributed by atoms with Gasteiger partial charge in [-0.15, -0.1) is 0 Å². The number of ketones is 1. The van der Waals surface area contributed by atoms with Gasteiger partial charge in [0.2, 0.25) is 0 Å². The van der Waals surface area contributed by atoms with Gasteiger partial charge in [-0.2, -0.15) is 0 Å². The Morgan fingerprint density at radius 2 is 1.84 bits per heavy atom. The van der Waals surface area contributed by atoms with E-state index in [-0.39, 0.29) is 11.7 Å². The van der Waals surface area contributed by atoms with Crippen LogP contribution in [0.3, 0.4) is 0 Å². The fraction of sp³-hybridized carbons (Fsp3) is 0.741. The predicted octanol–water partition coefficient (Wildman–Crippen LogP) is 4.36. The van der Waals surface area contributed by atoms with E-state index < -0.39 is 11.6 Å². The predicted molar refractivity (Wildman–Crippen MR) is 124 cm³/mol. The van der Waals surface area contributed by atoms with Crippen LogP contribution in [-0.2, 0) is 16.0 Å². The van der Waals surface area contributed by atoms with E-state index in [1.165, 1.54) is 29.7 Å². The Kier molecular flexibility index (Phi) is 5.33. The van der Waals surface area contributed by atoms with Gasteiger partial charge in [-0.1, -0.05) is 13.0 Å². The van der Waals surface area contributed by atoms with Crippen LogP contribution in [0, 0.1) is 17.3 Å². The second-order valence-corrected chi connectivity index (χ2v) is 11.2. The molecule has 6 rings (SSSR count). The van der Waals surface area contributed by atoms with Gasteiger partial charge in [0.25, 0.3) is 0 Å². The van der Waals surface area contributed by atoms with Crippen molar-refractivity contribution in [1.29, 1.82) is 0 Å². The number of halogens is 1. The van der Waals surface area contributed by atoms with Crippen LogP contribution < -0.4 is 4.90 Å². The van der Waals surface area contributed by atoms with Crippen LogP contribution >= 0.6 is 0 Å². The van der Waals surface area contributed by atoms with Gasteiger partial charge >= 0.3 is 0 Å². The first kappa shape index (κ1) is 21.1. The van der Waals surface area contributed by atoms with Gasteiger partial charge in [0.1, 0.15) is 0 Å². The Labute approximate surface area is 191 Å². The summed E-state index contributed by atoms with van der Waals surface area (Å²) in [7, 11) is 0. The van der Waals surface area contributed by atoms with Gasteiger partial charge in [-0.3, -0.25) is 9.69 Å². The average Bonchev–Trinajstić information content (AvgIpc) is 3.08. The normalized spacial score (nSPS) is 38.3. The van der Waals surface area contributed by atoms with Gasteiger partial charge in [0, 0.05) is 43.3 Å². The van der Waals surface area contributed by atoms with Gasteiger partial charge in [0.05, 0.1) is 13.2 Å². The number of rotatable bonds is 2. The average molecular weight is 441 g/mol. The van der Waals surface area contributed by atoms with Crippen molar-refractivity contribution in [3.05, 3.63) is 29.3 Å². The highest BCUT2D eigenvalue weighted by atomic mass is 19.1. The summed E-state index contributed by atoms with van der Waals surface area (Å²) in [5.74, 6) is 1.11. The molecule has 5 atom stereocenters. The highest BCUT2D eigenvalue weighted by Crippen LogP contribution is 2.60. The molecule has 5 unspecified atom stereocenters. The van der Waals surface area contributed by atoms with E-state index in [2.05, 4.69) is 34.9 Å². The van der Waals surface area contributed by atoms with Crippen LogP contribution in [0.5, 0.6) is 0 Å². The molecule has 2 aliphatic heterocycles. The minimum atomic E-state index is -1.23. The summed E-state index contributed by atoms with van der Waals surface area (Å²) in [6, 6.07) is 7.87. The lowest BCUT2D eigenvalue weighted by Gasteiger charge is -2.48. The number of morpholine rings is 1. The molecule has 2 saturated heterocycles. The van der Waals surface area contributed by atoms with Crippen LogP contribution in [0.2, 0.25) is 0 Å². The highest BCUT2D eigenvalue weighted by Gasteiger charge is 2.58. The van der Waals surface area contributed by atoms with E-state index in [4.69, 9.17) is 4.74 Å². The van der Waals surface area contributed by atoms with E-state index in [1.54, 1.807) is 0 Å². The first-order valence-electron chi connectivity index (χ1n) is 12.9. The molecule has 174 valence electrons. The third-order valence-corrected chi connectivity index (χ3v) is 9.80. The number of anilines is 1. The molecule has 0 bridgehead atoms. The SMILES string of the molecule is CC12CCC3c4ccc(N5CCC(N6CCOCC6)CC5)cc4CCC3C1CC(F)C2=O. The van der Waals surface area contributed by atoms with Crippen LogP contribution in [0.4, 0.5) is 10.1 Å². The largest absolute Gasteiger partial charge is 0.379 e. The van der Waals surface area contributed by atoms with Gasteiger partial charge < -0.3 is 9.64 Å². The van der Waals surface area contributed by atoms with Crippen LogP contribution in [-0.4, -0.2) is 62.3 Å². The fourth-order valence-corrected chi connectivity index (χ4v) is 7.95. The maximum atomic E-state index is 14.4. The monoisotopic (exact) mass is 440 g/mol. The molecule has 1 aromatic carbocycles. The summed E-state index contributed by atoms with van der Waals surface area (Å²) in [6.07, 6.45) is 5.78. The lowest BCUT2D eigenvalue weighted by atomic mass is 9.55. The lowest BCUT2D eigenvalue weighted by Crippen LogP contribution is -2.49. The number of nitrogens with zero attached hydrogens (tertiary/aromatic N) is 2. The zero-order valence-corrected chi connectivity index (χ0v) is 19.4. The number of benzene rings is 1. The zero-order chi connectivity index (χ0) is 21.9. The summed E-state index contributed by atoms with van der Waals surface area (Å²) in [6.45, 7) is 8.25. The van der Waals surface area contributed by atoms with Crippen molar-refractivity contribution in [2.24, 2.45) is 17.3 Å². The van der Waals surface area contributed by atoms with Gasteiger partial charge in [-0.05, 0) is 86.0 Å². The fourth-order valence-electron chi connectivity index (χ4n) is 7.95. The number of aryl methyl sites for hydroxylation is 1. The molecule has 3 aliphatic carbocycles. The minimum absolute atomic E-state index is 0.109. The quantitative estimate of drug-likeness (QED) is 0.684. The van der Waals surface area contributed by atoms with Crippen LogP contribution in [0.25, 0.3) is 0 Å². The van der Waals surface area contributed by atoms with Crippen molar-refractivity contribution >= 4 is 11.5 Å². The Morgan fingerprint density at radius 3 is 2.62 bits per heavy atom. The van der Waals surface area contributed by atoms with E-state index in [9.17, 15) is 9.18 Å². The molecule has 4 nitrogen and oxygen atoms in total. The van der Waals surface area contributed by atoms with E-state index in [0.29, 0.717) is 24.3 Å². The topological polar surface area (TPSA) is 32.8 Å². The molecule has 0 N–H and O–H groups in total. The highest BCUT2D eigenvalue weighted by molar-refractivity contribution is 5.91. The van der Waals surface area contributed by atoms with Crippen molar-refractivity contribution in [2.75, 3.05) is 44.3 Å². The standard InChI is InChI=1S/C27H37FN2O2/c1-27-9-6-22-21-5-3-20(29-10-7-19(8-11-29)30-12-14-32-15-13-30)16-18(21)2-4-23(22)24(27)17-25(28)26(27)31/h3,5,16,19,22-25H,2,4,6-15,17H2,1H3. The number of alkyl halides is 1. The Morgan fingerprint density at radius 1 is 1.06 bits per heavy atom. The van der Waals surface area contributed by atoms with Crippen molar-refractivity contribution in [3.63, 3.8) is 0 Å². The Hall–Kier alpha value is -1.46. The van der Waals surface area contributed by atoms with Gasteiger partial charge in [0.15, 0.2) is 12.0 Å². The minimum Gasteiger partial charge on any atom is -0.379 e. The summed E-state index contributed by atoms with van der Waals surface area (Å²) in [5.41, 5.74) is 3.96. The number of carbonyl (C=O) groups excluding carboxylic acids is 1. The van der Waals surface area contributed by atoms with Crippen molar-refractivity contribution in [1.82, 2.24) is 4.90 Å². The number of piperidine rings is 1. The molecule has 0 radical (unpaired) electrons. The summed E-state index contributed by atoms with van der Waals surface area (Å²) in [4.78, 5) is 17.7. The number of Topliss-reactive ketones (excluding diaryl/α,β-unsaturated/α-hetero) is 1. The molecular weight excluding hydrogens is 403 g/mol. The number of ether oxygens (including phenoxy) is 1. The third kappa shape index (κ3) is 3.34.